The molecule has 0 N–H and O–H groups in total. The molecule has 1 aromatic carbocycles. The fourth-order valence-electron chi connectivity index (χ4n) is 1.31. The molecule has 0 amide bonds. The van der Waals surface area contributed by atoms with Crippen LogP contribution in [0.2, 0.25) is 0 Å². The molecule has 0 aliphatic rings. The van der Waals surface area contributed by atoms with Crippen LogP contribution < -0.4 is 14.2 Å². The van der Waals surface area contributed by atoms with Gasteiger partial charge in [0, 0.05) is 16.7 Å². The van der Waals surface area contributed by atoms with Crippen LogP contribution in [0.25, 0.3) is 0 Å². The Morgan fingerprint density at radius 2 is 1.04 bits per heavy atom. The summed E-state index contributed by atoms with van der Waals surface area (Å²) in [5, 5.41) is 0. The largest absolute Gasteiger partial charge is 0.419 e. The van der Waals surface area contributed by atoms with Crippen LogP contribution in [-0.2, 0) is 14.4 Å². The molecule has 0 heterocycles. The first-order valence-corrected chi connectivity index (χ1v) is 6.89. The normalized spacial score (nSPS) is 9.62. The number of hydrogen-bond acceptors (Lipinski definition) is 6. The molecule has 0 atom stereocenters. The molecule has 1 aromatic rings. The molecular weight excluding hydrogens is 312 g/mol. The van der Waals surface area contributed by atoms with Gasteiger partial charge in [0.05, 0.1) is 0 Å². The number of ether oxygens (including phenoxy) is 3. The van der Waals surface area contributed by atoms with E-state index < -0.39 is 17.9 Å². The number of carbonyl (C=O) groups is 3. The molecule has 24 heavy (non-hydrogen) atoms. The third kappa shape index (κ3) is 4.95. The van der Waals surface area contributed by atoms with E-state index in [1.165, 1.54) is 39.0 Å². The van der Waals surface area contributed by atoms with Crippen LogP contribution in [0.5, 0.6) is 17.2 Å². The Hall–Kier alpha value is -3.15. The number of hydrogen-bond donors (Lipinski definition) is 0. The van der Waals surface area contributed by atoms with Crippen molar-refractivity contribution in [2.24, 2.45) is 0 Å². The summed E-state index contributed by atoms with van der Waals surface area (Å²) in [5.74, 6) is -2.60. The Kier molecular flexibility index (Phi) is 6.23. The van der Waals surface area contributed by atoms with Crippen molar-refractivity contribution in [3.63, 3.8) is 0 Å². The molecule has 6 nitrogen and oxygen atoms in total. The maximum Gasteiger partial charge on any atom is 0.338 e. The van der Waals surface area contributed by atoms with Crippen molar-refractivity contribution in [3.8, 4) is 17.2 Å². The van der Waals surface area contributed by atoms with Gasteiger partial charge in [0.15, 0.2) is 11.5 Å². The lowest BCUT2D eigenvalue weighted by Crippen LogP contribution is -2.15. The molecule has 0 aromatic heterocycles. The Labute approximate surface area is 140 Å². The van der Waals surface area contributed by atoms with Crippen molar-refractivity contribution in [2.45, 2.75) is 20.8 Å². The standard InChI is InChI=1S/C18H18O6/c1-10(2)16(19)22-13-8-7-9-14(23-17(20)11(3)4)15(13)24-18(21)12(5)6/h7-9H,1,3,5H2,2,4,6H3. The molecule has 0 radical (unpaired) electrons. The van der Waals surface area contributed by atoms with Gasteiger partial charge >= 0.3 is 17.9 Å². The Morgan fingerprint density at radius 1 is 0.708 bits per heavy atom. The van der Waals surface area contributed by atoms with E-state index in [9.17, 15) is 14.4 Å². The Morgan fingerprint density at radius 3 is 1.38 bits per heavy atom. The van der Waals surface area contributed by atoms with Crippen LogP contribution in [0, 0.1) is 0 Å². The van der Waals surface area contributed by atoms with E-state index in [-0.39, 0.29) is 34.0 Å². The van der Waals surface area contributed by atoms with Crippen molar-refractivity contribution < 1.29 is 28.6 Å². The van der Waals surface area contributed by atoms with Gasteiger partial charge in [-0.05, 0) is 32.9 Å². The zero-order valence-electron chi connectivity index (χ0n) is 13.8. The molecule has 0 aliphatic heterocycles. The van der Waals surface area contributed by atoms with Crippen LogP contribution in [-0.4, -0.2) is 17.9 Å². The third-order valence-corrected chi connectivity index (χ3v) is 2.59. The first-order chi connectivity index (χ1) is 11.1. The highest BCUT2D eigenvalue weighted by Crippen LogP contribution is 2.38. The predicted molar refractivity (Wildman–Crippen MR) is 87.8 cm³/mol. The van der Waals surface area contributed by atoms with Gasteiger partial charge in [0.25, 0.3) is 0 Å². The van der Waals surface area contributed by atoms with Crippen molar-refractivity contribution in [3.05, 3.63) is 54.7 Å². The number of esters is 3. The highest BCUT2D eigenvalue weighted by Gasteiger charge is 2.21. The zero-order chi connectivity index (χ0) is 18.4. The second-order valence-electron chi connectivity index (χ2n) is 5.09. The molecule has 126 valence electrons. The first-order valence-electron chi connectivity index (χ1n) is 6.89. The average Bonchev–Trinajstić information content (AvgIpc) is 2.49. The average molecular weight is 330 g/mol. The Balaban J connectivity index is 3.31. The summed E-state index contributed by atoms with van der Waals surface area (Å²) in [4.78, 5) is 35.3. The number of carbonyl (C=O) groups excluding carboxylic acids is 3. The lowest BCUT2D eigenvalue weighted by Gasteiger charge is -2.14. The molecule has 6 heteroatoms. The van der Waals surface area contributed by atoms with Gasteiger partial charge in [-0.15, -0.1) is 0 Å². The second-order valence-corrected chi connectivity index (χ2v) is 5.09. The van der Waals surface area contributed by atoms with Crippen molar-refractivity contribution in [1.29, 1.82) is 0 Å². The SMILES string of the molecule is C=C(C)C(=O)Oc1cccc(OC(=O)C(=C)C)c1OC(=O)C(=C)C. The monoisotopic (exact) mass is 330 g/mol. The van der Waals surface area contributed by atoms with E-state index >= 15 is 0 Å². The molecule has 0 fully saturated rings. The van der Waals surface area contributed by atoms with Crippen LogP contribution in [0.4, 0.5) is 0 Å². The van der Waals surface area contributed by atoms with E-state index in [4.69, 9.17) is 14.2 Å². The number of benzene rings is 1. The lowest BCUT2D eigenvalue weighted by molar-refractivity contribution is -0.133. The van der Waals surface area contributed by atoms with Crippen molar-refractivity contribution in [2.75, 3.05) is 0 Å². The van der Waals surface area contributed by atoms with E-state index in [0.717, 1.165) is 0 Å². The Bertz CT molecular complexity index is 696. The molecule has 0 saturated heterocycles. The quantitative estimate of drug-likeness (QED) is 0.453. The predicted octanol–water partition coefficient (Wildman–Crippen LogP) is 3.13. The summed E-state index contributed by atoms with van der Waals surface area (Å²) >= 11 is 0. The first kappa shape index (κ1) is 18.9. The van der Waals surface area contributed by atoms with Crippen LogP contribution >= 0.6 is 0 Å². The maximum absolute atomic E-state index is 11.8. The summed E-state index contributed by atoms with van der Waals surface area (Å²) < 4.78 is 15.4. The van der Waals surface area contributed by atoms with Gasteiger partial charge in [-0.1, -0.05) is 25.8 Å². The van der Waals surface area contributed by atoms with Gasteiger partial charge in [-0.2, -0.15) is 0 Å². The van der Waals surface area contributed by atoms with Crippen LogP contribution in [0.15, 0.2) is 54.7 Å². The van der Waals surface area contributed by atoms with Crippen molar-refractivity contribution >= 4 is 17.9 Å². The minimum absolute atomic E-state index is 0.0929. The fraction of sp³-hybridized carbons (Fsp3) is 0.167. The van der Waals surface area contributed by atoms with E-state index in [1.807, 2.05) is 0 Å². The van der Waals surface area contributed by atoms with Gasteiger partial charge < -0.3 is 14.2 Å². The zero-order valence-corrected chi connectivity index (χ0v) is 13.8. The topological polar surface area (TPSA) is 78.9 Å². The molecular formula is C18H18O6. The summed E-state index contributed by atoms with van der Waals surface area (Å²) in [6.45, 7) is 14.8. The van der Waals surface area contributed by atoms with E-state index in [2.05, 4.69) is 19.7 Å². The summed E-state index contributed by atoms with van der Waals surface area (Å²) in [7, 11) is 0. The molecule has 0 unspecified atom stereocenters. The summed E-state index contributed by atoms with van der Waals surface area (Å²) in [5.41, 5.74) is 0.418. The summed E-state index contributed by atoms with van der Waals surface area (Å²) in [6, 6.07) is 4.25. The third-order valence-electron chi connectivity index (χ3n) is 2.59. The van der Waals surface area contributed by atoms with Crippen molar-refractivity contribution in [1.82, 2.24) is 0 Å². The fourth-order valence-corrected chi connectivity index (χ4v) is 1.31. The highest BCUT2D eigenvalue weighted by molar-refractivity contribution is 5.93. The minimum atomic E-state index is -0.763. The van der Waals surface area contributed by atoms with Gasteiger partial charge in [0.1, 0.15) is 0 Å². The molecule has 0 saturated carbocycles. The second kappa shape index (κ2) is 7.92. The molecule has 1 rings (SSSR count). The highest BCUT2D eigenvalue weighted by atomic mass is 16.6. The van der Waals surface area contributed by atoms with Crippen LogP contribution in [0.3, 0.4) is 0 Å². The van der Waals surface area contributed by atoms with Gasteiger partial charge in [-0.25, -0.2) is 14.4 Å². The van der Waals surface area contributed by atoms with Gasteiger partial charge in [-0.3, -0.25) is 0 Å². The molecule has 0 spiro atoms. The van der Waals surface area contributed by atoms with E-state index in [1.54, 1.807) is 0 Å². The maximum atomic E-state index is 11.8. The number of para-hydroxylation sites is 1. The molecule has 0 bridgehead atoms. The smallest absolute Gasteiger partial charge is 0.338 e. The summed E-state index contributed by atoms with van der Waals surface area (Å²) in [6.07, 6.45) is 0. The minimum Gasteiger partial charge on any atom is -0.419 e. The van der Waals surface area contributed by atoms with Crippen LogP contribution in [0.1, 0.15) is 20.8 Å². The number of rotatable bonds is 6. The molecule has 0 aliphatic carbocycles. The lowest BCUT2D eigenvalue weighted by atomic mass is 10.2. The van der Waals surface area contributed by atoms with E-state index in [0.29, 0.717) is 0 Å². The van der Waals surface area contributed by atoms with Gasteiger partial charge in [0.2, 0.25) is 5.75 Å².